The van der Waals surface area contributed by atoms with Gasteiger partial charge >= 0.3 is 11.9 Å². The van der Waals surface area contributed by atoms with E-state index < -0.39 is 5.97 Å². The quantitative estimate of drug-likeness (QED) is 0.708. The number of piperidine rings is 3. The first-order valence-electron chi connectivity index (χ1n) is 5.79. The molecule has 0 saturated carbocycles. The molecule has 3 aliphatic heterocycles. The summed E-state index contributed by atoms with van der Waals surface area (Å²) in [5.41, 5.74) is 0. The number of esters is 1. The monoisotopic (exact) mass is 227 g/mol. The lowest BCUT2D eigenvalue weighted by Gasteiger charge is -2.43. The van der Waals surface area contributed by atoms with Crippen molar-refractivity contribution in [2.75, 3.05) is 19.6 Å². The van der Waals surface area contributed by atoms with Crippen molar-refractivity contribution >= 4 is 11.9 Å². The van der Waals surface area contributed by atoms with Crippen LogP contribution in [0.1, 0.15) is 25.7 Å². The lowest BCUT2D eigenvalue weighted by molar-refractivity contribution is -0.160. The van der Waals surface area contributed by atoms with Crippen molar-refractivity contribution in [3.05, 3.63) is 0 Å². The summed E-state index contributed by atoms with van der Waals surface area (Å²) < 4.78 is 5.33. The minimum Gasteiger partial charge on any atom is -0.481 e. The highest BCUT2D eigenvalue weighted by atomic mass is 16.5. The Kier molecular flexibility index (Phi) is 3.43. The van der Waals surface area contributed by atoms with Crippen LogP contribution in [-0.2, 0) is 14.3 Å². The van der Waals surface area contributed by atoms with Crippen LogP contribution in [0.3, 0.4) is 0 Å². The molecule has 2 bridgehead atoms. The maximum Gasteiger partial charge on any atom is 0.306 e. The number of carboxylic acid groups (broad SMARTS) is 1. The third-order valence-electron chi connectivity index (χ3n) is 3.42. The lowest BCUT2D eigenvalue weighted by atomic mass is 9.86. The topological polar surface area (TPSA) is 66.8 Å². The van der Waals surface area contributed by atoms with Gasteiger partial charge in [-0.3, -0.25) is 14.5 Å². The molecule has 0 aromatic heterocycles. The molecule has 0 aliphatic carbocycles. The van der Waals surface area contributed by atoms with E-state index in [1.54, 1.807) is 0 Å². The van der Waals surface area contributed by atoms with Gasteiger partial charge in [0.25, 0.3) is 0 Å². The molecule has 1 N–H and O–H groups in total. The second kappa shape index (κ2) is 4.82. The third kappa shape index (κ3) is 2.72. The van der Waals surface area contributed by atoms with Crippen molar-refractivity contribution in [3.8, 4) is 0 Å². The predicted molar refractivity (Wildman–Crippen MR) is 55.9 cm³/mol. The Hall–Kier alpha value is -1.10. The van der Waals surface area contributed by atoms with Crippen LogP contribution >= 0.6 is 0 Å². The third-order valence-corrected chi connectivity index (χ3v) is 3.42. The molecule has 1 unspecified atom stereocenters. The van der Waals surface area contributed by atoms with E-state index in [0.29, 0.717) is 5.92 Å². The summed E-state index contributed by atoms with van der Waals surface area (Å²) in [5, 5.41) is 8.46. The standard InChI is InChI=1S/C11H17NO4/c13-10(14)1-2-11(15)16-9-7-12-5-3-8(9)4-6-12/h8-9H,1-7H2,(H,13,14). The van der Waals surface area contributed by atoms with Crippen molar-refractivity contribution in [2.24, 2.45) is 5.92 Å². The van der Waals surface area contributed by atoms with Crippen LogP contribution in [0.4, 0.5) is 0 Å². The molecular formula is C11H17NO4. The summed E-state index contributed by atoms with van der Waals surface area (Å²) in [6, 6.07) is 0. The Morgan fingerprint density at radius 3 is 2.44 bits per heavy atom. The van der Waals surface area contributed by atoms with Crippen LogP contribution in [-0.4, -0.2) is 47.7 Å². The normalized spacial score (nSPS) is 32.4. The van der Waals surface area contributed by atoms with Gasteiger partial charge in [-0.2, -0.15) is 0 Å². The SMILES string of the molecule is O=C(O)CCC(=O)OC1CN2CCC1CC2. The van der Waals surface area contributed by atoms with Gasteiger partial charge in [0.05, 0.1) is 12.8 Å². The van der Waals surface area contributed by atoms with Crippen molar-refractivity contribution in [2.45, 2.75) is 31.8 Å². The van der Waals surface area contributed by atoms with Gasteiger partial charge in [-0.1, -0.05) is 0 Å². The molecular weight excluding hydrogens is 210 g/mol. The van der Waals surface area contributed by atoms with Crippen LogP contribution in [0.25, 0.3) is 0 Å². The molecule has 3 aliphatic rings. The van der Waals surface area contributed by atoms with Gasteiger partial charge in [0.15, 0.2) is 0 Å². The number of hydrogen-bond acceptors (Lipinski definition) is 4. The van der Waals surface area contributed by atoms with E-state index in [9.17, 15) is 9.59 Å². The molecule has 5 nitrogen and oxygen atoms in total. The summed E-state index contributed by atoms with van der Waals surface area (Å²) in [6.07, 6.45) is 2.02. The van der Waals surface area contributed by atoms with Crippen molar-refractivity contribution in [3.63, 3.8) is 0 Å². The molecule has 3 saturated heterocycles. The number of carbonyl (C=O) groups excluding carboxylic acids is 1. The molecule has 0 amide bonds. The van der Waals surface area contributed by atoms with Crippen LogP contribution in [0.15, 0.2) is 0 Å². The molecule has 90 valence electrons. The molecule has 3 fully saturated rings. The van der Waals surface area contributed by atoms with Crippen LogP contribution in [0.2, 0.25) is 0 Å². The maximum atomic E-state index is 11.4. The molecule has 16 heavy (non-hydrogen) atoms. The Morgan fingerprint density at radius 1 is 1.25 bits per heavy atom. The van der Waals surface area contributed by atoms with Crippen LogP contribution < -0.4 is 0 Å². The number of ether oxygens (including phenoxy) is 1. The van der Waals surface area contributed by atoms with E-state index in [-0.39, 0.29) is 24.9 Å². The zero-order chi connectivity index (χ0) is 11.5. The minimum atomic E-state index is -0.953. The number of hydrogen-bond donors (Lipinski definition) is 1. The fourth-order valence-corrected chi connectivity index (χ4v) is 2.48. The first-order chi connectivity index (χ1) is 7.65. The van der Waals surface area contributed by atoms with E-state index in [0.717, 1.165) is 32.5 Å². The molecule has 1 atom stereocenters. The Balaban J connectivity index is 1.77. The molecule has 0 spiro atoms. The summed E-state index contributed by atoms with van der Waals surface area (Å²) in [4.78, 5) is 24.0. The lowest BCUT2D eigenvalue weighted by Crippen LogP contribution is -2.51. The average Bonchev–Trinajstić information content (AvgIpc) is 2.28. The maximum absolute atomic E-state index is 11.4. The molecule has 0 aromatic carbocycles. The molecule has 3 heterocycles. The van der Waals surface area contributed by atoms with Gasteiger partial charge in [-0.05, 0) is 31.8 Å². The minimum absolute atomic E-state index is 0.0104. The number of aliphatic carboxylic acids is 1. The molecule has 0 radical (unpaired) electrons. The first-order valence-corrected chi connectivity index (χ1v) is 5.79. The highest BCUT2D eigenvalue weighted by molar-refractivity contribution is 5.76. The molecule has 3 rings (SSSR count). The average molecular weight is 227 g/mol. The van der Waals surface area contributed by atoms with E-state index >= 15 is 0 Å². The first kappa shape index (κ1) is 11.4. The van der Waals surface area contributed by atoms with Crippen molar-refractivity contribution in [1.82, 2.24) is 4.90 Å². The fraction of sp³-hybridized carbons (Fsp3) is 0.818. The summed E-state index contributed by atoms with van der Waals surface area (Å²) >= 11 is 0. The second-order valence-electron chi connectivity index (χ2n) is 4.56. The van der Waals surface area contributed by atoms with Gasteiger partial charge in [-0.25, -0.2) is 0 Å². The fourth-order valence-electron chi connectivity index (χ4n) is 2.48. The number of carbonyl (C=O) groups is 2. The van der Waals surface area contributed by atoms with Crippen molar-refractivity contribution < 1.29 is 19.4 Å². The largest absolute Gasteiger partial charge is 0.481 e. The Bertz CT molecular complexity index is 284. The predicted octanol–water partition coefficient (Wildman–Crippen LogP) is 0.489. The van der Waals surface area contributed by atoms with Crippen molar-refractivity contribution in [1.29, 1.82) is 0 Å². The zero-order valence-electron chi connectivity index (χ0n) is 9.22. The van der Waals surface area contributed by atoms with Gasteiger partial charge in [0.2, 0.25) is 0 Å². The number of nitrogens with zero attached hydrogens (tertiary/aromatic N) is 1. The summed E-state index contributed by atoms with van der Waals surface area (Å²) in [7, 11) is 0. The number of carboxylic acids is 1. The van der Waals surface area contributed by atoms with Gasteiger partial charge in [0.1, 0.15) is 6.10 Å². The van der Waals surface area contributed by atoms with E-state index in [1.165, 1.54) is 0 Å². The number of rotatable bonds is 4. The van der Waals surface area contributed by atoms with Gasteiger partial charge in [-0.15, -0.1) is 0 Å². The highest BCUT2D eigenvalue weighted by Crippen LogP contribution is 2.29. The van der Waals surface area contributed by atoms with Gasteiger partial charge in [0, 0.05) is 6.54 Å². The molecule has 5 heteroatoms. The molecule has 0 aromatic rings. The summed E-state index contributed by atoms with van der Waals surface area (Å²) in [6.45, 7) is 3.03. The smallest absolute Gasteiger partial charge is 0.306 e. The summed E-state index contributed by atoms with van der Waals surface area (Å²) in [5.74, 6) is -0.842. The Labute approximate surface area is 94.4 Å². The van der Waals surface area contributed by atoms with Gasteiger partial charge < -0.3 is 9.84 Å². The van der Waals surface area contributed by atoms with Crippen LogP contribution in [0, 0.1) is 5.92 Å². The van der Waals surface area contributed by atoms with E-state index in [4.69, 9.17) is 9.84 Å². The second-order valence-corrected chi connectivity index (χ2v) is 4.56. The number of fused-ring (bicyclic) bond motifs is 3. The highest BCUT2D eigenvalue weighted by Gasteiger charge is 2.36. The van der Waals surface area contributed by atoms with Crippen LogP contribution in [0.5, 0.6) is 0 Å². The van der Waals surface area contributed by atoms with E-state index in [1.807, 2.05) is 0 Å². The Morgan fingerprint density at radius 2 is 1.94 bits per heavy atom. The van der Waals surface area contributed by atoms with E-state index in [2.05, 4.69) is 4.90 Å². The zero-order valence-corrected chi connectivity index (χ0v) is 9.22.